The highest BCUT2D eigenvalue weighted by atomic mass is 16.5. The molecule has 7 heteroatoms. The number of aromatic nitrogens is 1. The van der Waals surface area contributed by atoms with Crippen LogP contribution in [0.3, 0.4) is 0 Å². The Kier molecular flexibility index (Phi) is 5.71. The molecule has 3 unspecified atom stereocenters. The molecular weight excluding hydrogens is 356 g/mol. The van der Waals surface area contributed by atoms with E-state index in [1.807, 2.05) is 4.90 Å². The number of piperidine rings is 2. The zero-order chi connectivity index (χ0) is 19.7. The van der Waals surface area contributed by atoms with Gasteiger partial charge in [-0.05, 0) is 64.0 Å². The third-order valence-corrected chi connectivity index (χ3v) is 6.67. The summed E-state index contributed by atoms with van der Waals surface area (Å²) >= 11 is 0. The monoisotopic (exact) mass is 388 g/mol. The molecule has 0 bridgehead atoms. The first-order valence-electron chi connectivity index (χ1n) is 10.8. The van der Waals surface area contributed by atoms with Crippen LogP contribution in [0, 0.1) is 11.8 Å². The summed E-state index contributed by atoms with van der Waals surface area (Å²) in [4.78, 5) is 27.3. The van der Waals surface area contributed by atoms with Crippen LogP contribution in [-0.4, -0.2) is 53.6 Å². The molecule has 2 saturated heterocycles. The van der Waals surface area contributed by atoms with Crippen molar-refractivity contribution in [2.24, 2.45) is 11.8 Å². The smallest absolute Gasteiger partial charge is 0.273 e. The van der Waals surface area contributed by atoms with Gasteiger partial charge < -0.3 is 20.1 Å². The van der Waals surface area contributed by atoms with Gasteiger partial charge in [0.05, 0.1) is 0 Å². The fourth-order valence-corrected chi connectivity index (χ4v) is 4.60. The summed E-state index contributed by atoms with van der Waals surface area (Å²) in [5.74, 6) is 2.40. The lowest BCUT2D eigenvalue weighted by molar-refractivity contribution is -0.136. The number of nitrogens with zero attached hydrogens (tertiary/aromatic N) is 2. The van der Waals surface area contributed by atoms with Gasteiger partial charge >= 0.3 is 0 Å². The summed E-state index contributed by atoms with van der Waals surface area (Å²) < 4.78 is 5.28. The number of carbonyl (C=O) groups excluding carboxylic acids is 2. The van der Waals surface area contributed by atoms with Crippen LogP contribution in [0.5, 0.6) is 0 Å². The second-order valence-corrected chi connectivity index (χ2v) is 8.95. The van der Waals surface area contributed by atoms with E-state index in [1.54, 1.807) is 6.07 Å². The molecule has 3 aliphatic rings. The minimum Gasteiger partial charge on any atom is -0.360 e. The lowest BCUT2D eigenvalue weighted by atomic mass is 9.84. The summed E-state index contributed by atoms with van der Waals surface area (Å²) in [5.41, 5.74) is 0.368. The number of nitrogens with one attached hydrogen (secondary N) is 2. The van der Waals surface area contributed by atoms with Gasteiger partial charge in [0, 0.05) is 37.0 Å². The molecule has 1 saturated carbocycles. The average molecular weight is 389 g/mol. The Bertz CT molecular complexity index is 714. The molecule has 2 aliphatic heterocycles. The van der Waals surface area contributed by atoms with E-state index in [9.17, 15) is 9.59 Å². The Balaban J connectivity index is 1.27. The second kappa shape index (κ2) is 8.23. The summed E-state index contributed by atoms with van der Waals surface area (Å²) in [6.07, 6.45) is 5.54. The Morgan fingerprint density at radius 3 is 2.82 bits per heavy atom. The number of hydrogen-bond acceptors (Lipinski definition) is 5. The van der Waals surface area contributed by atoms with Crippen molar-refractivity contribution in [1.82, 2.24) is 20.7 Å². The Hall–Kier alpha value is -1.89. The van der Waals surface area contributed by atoms with Crippen molar-refractivity contribution in [2.45, 2.75) is 70.4 Å². The largest absolute Gasteiger partial charge is 0.360 e. The molecule has 1 aromatic rings. The van der Waals surface area contributed by atoms with Crippen molar-refractivity contribution in [1.29, 1.82) is 0 Å². The minimum atomic E-state index is -0.170. The lowest BCUT2D eigenvalue weighted by Crippen LogP contribution is -2.51. The quantitative estimate of drug-likeness (QED) is 0.808. The summed E-state index contributed by atoms with van der Waals surface area (Å²) in [6, 6.07) is 1.99. The van der Waals surface area contributed by atoms with E-state index in [2.05, 4.69) is 29.6 Å². The van der Waals surface area contributed by atoms with Crippen molar-refractivity contribution in [3.8, 4) is 0 Å². The SMILES string of the molecule is CC1CNCCC1CC(=O)N1CCC(NC(=O)c2cc(C3CC3)on2)C[C@H]1C. The summed E-state index contributed by atoms with van der Waals surface area (Å²) in [7, 11) is 0. The van der Waals surface area contributed by atoms with Crippen LogP contribution in [-0.2, 0) is 4.79 Å². The van der Waals surface area contributed by atoms with Crippen molar-refractivity contribution >= 4 is 11.8 Å². The maximum Gasteiger partial charge on any atom is 0.273 e. The molecule has 0 aromatic carbocycles. The molecule has 2 N–H and O–H groups in total. The van der Waals surface area contributed by atoms with Crippen molar-refractivity contribution < 1.29 is 14.1 Å². The van der Waals surface area contributed by atoms with Crippen LogP contribution in [0.1, 0.15) is 74.5 Å². The molecule has 4 rings (SSSR count). The van der Waals surface area contributed by atoms with E-state index < -0.39 is 0 Å². The molecule has 0 spiro atoms. The van der Waals surface area contributed by atoms with Crippen molar-refractivity contribution in [3.63, 3.8) is 0 Å². The Morgan fingerprint density at radius 2 is 2.11 bits per heavy atom. The molecule has 1 aromatic heterocycles. The molecule has 0 radical (unpaired) electrons. The van der Waals surface area contributed by atoms with Crippen molar-refractivity contribution in [2.75, 3.05) is 19.6 Å². The number of amides is 2. The van der Waals surface area contributed by atoms with E-state index in [0.29, 0.717) is 36.4 Å². The fraction of sp³-hybridized carbons (Fsp3) is 0.762. The normalized spacial score (nSPS) is 30.9. The zero-order valence-corrected chi connectivity index (χ0v) is 16.9. The molecule has 154 valence electrons. The average Bonchev–Trinajstić information content (AvgIpc) is 3.40. The number of carbonyl (C=O) groups is 2. The lowest BCUT2D eigenvalue weighted by Gasteiger charge is -2.39. The topological polar surface area (TPSA) is 87.5 Å². The van der Waals surface area contributed by atoms with E-state index in [1.165, 1.54) is 0 Å². The predicted molar refractivity (Wildman–Crippen MR) is 105 cm³/mol. The number of likely N-dealkylation sites (tertiary alicyclic amines) is 1. The summed E-state index contributed by atoms with van der Waals surface area (Å²) in [5, 5.41) is 10.4. The molecule has 2 amide bonds. The van der Waals surface area contributed by atoms with Crippen molar-refractivity contribution in [3.05, 3.63) is 17.5 Å². The van der Waals surface area contributed by atoms with Crippen LogP contribution >= 0.6 is 0 Å². The molecule has 1 aliphatic carbocycles. The van der Waals surface area contributed by atoms with E-state index in [0.717, 1.165) is 51.0 Å². The minimum absolute atomic E-state index is 0.0745. The Morgan fingerprint density at radius 1 is 1.29 bits per heavy atom. The van der Waals surface area contributed by atoms with Gasteiger partial charge in [-0.3, -0.25) is 9.59 Å². The second-order valence-electron chi connectivity index (χ2n) is 8.95. The highest BCUT2D eigenvalue weighted by Gasteiger charge is 2.33. The van der Waals surface area contributed by atoms with Gasteiger partial charge in [-0.2, -0.15) is 0 Å². The third-order valence-electron chi connectivity index (χ3n) is 6.67. The van der Waals surface area contributed by atoms with Crippen LogP contribution in [0.2, 0.25) is 0 Å². The van der Waals surface area contributed by atoms with E-state index >= 15 is 0 Å². The predicted octanol–water partition coefficient (Wildman–Crippen LogP) is 2.30. The molecule has 4 atom stereocenters. The van der Waals surface area contributed by atoms with Crippen LogP contribution in [0.25, 0.3) is 0 Å². The molecule has 7 nitrogen and oxygen atoms in total. The molecule has 3 heterocycles. The van der Waals surface area contributed by atoms with E-state index in [4.69, 9.17) is 4.52 Å². The highest BCUT2D eigenvalue weighted by Crippen LogP contribution is 2.40. The zero-order valence-electron chi connectivity index (χ0n) is 16.9. The maximum atomic E-state index is 12.8. The molecular formula is C21H32N4O3. The van der Waals surface area contributed by atoms with Gasteiger partial charge in [0.15, 0.2) is 5.69 Å². The summed E-state index contributed by atoms with van der Waals surface area (Å²) in [6.45, 7) is 7.04. The molecule has 28 heavy (non-hydrogen) atoms. The van der Waals surface area contributed by atoms with Gasteiger partial charge in [0.1, 0.15) is 5.76 Å². The maximum absolute atomic E-state index is 12.8. The highest BCUT2D eigenvalue weighted by molar-refractivity contribution is 5.92. The standard InChI is InChI=1S/C21H32N4O3/c1-13-12-22-7-5-16(13)10-20(26)25-8-6-17(9-14(25)2)23-21(27)18-11-19(28-24-18)15-3-4-15/h11,13-17,22H,3-10,12H2,1-2H3,(H,23,27)/t13?,14-,16?,17?/m1/s1. The van der Waals surface area contributed by atoms with Gasteiger partial charge in [-0.1, -0.05) is 12.1 Å². The van der Waals surface area contributed by atoms with Gasteiger partial charge in [-0.15, -0.1) is 0 Å². The first-order valence-corrected chi connectivity index (χ1v) is 10.8. The van der Waals surface area contributed by atoms with Gasteiger partial charge in [-0.25, -0.2) is 0 Å². The number of rotatable bonds is 5. The first-order chi connectivity index (χ1) is 13.5. The van der Waals surface area contributed by atoms with E-state index in [-0.39, 0.29) is 23.9 Å². The van der Waals surface area contributed by atoms with Gasteiger partial charge in [0.25, 0.3) is 5.91 Å². The Labute approximate surface area is 166 Å². The molecule has 3 fully saturated rings. The van der Waals surface area contributed by atoms with Crippen LogP contribution < -0.4 is 10.6 Å². The van der Waals surface area contributed by atoms with Crippen LogP contribution in [0.15, 0.2) is 10.6 Å². The third kappa shape index (κ3) is 4.40. The number of hydrogen-bond donors (Lipinski definition) is 2. The first kappa shape index (κ1) is 19.4. The fourth-order valence-electron chi connectivity index (χ4n) is 4.60. The van der Waals surface area contributed by atoms with Crippen LogP contribution in [0.4, 0.5) is 0 Å². The van der Waals surface area contributed by atoms with Gasteiger partial charge in [0.2, 0.25) is 5.91 Å².